The number of likely N-dealkylation sites (tertiary alicyclic amines) is 1. The number of rotatable bonds is 1. The lowest BCUT2D eigenvalue weighted by atomic mass is 9.98. The molecule has 1 saturated heterocycles. The first-order chi connectivity index (χ1) is 8.89. The second kappa shape index (κ2) is 5.39. The van der Waals surface area contributed by atoms with Gasteiger partial charge in [-0.05, 0) is 44.4 Å². The van der Waals surface area contributed by atoms with Crippen molar-refractivity contribution in [2.75, 3.05) is 18.8 Å². The highest BCUT2D eigenvalue weighted by molar-refractivity contribution is 6.31. The average Bonchev–Trinajstić information content (AvgIpc) is 2.49. The van der Waals surface area contributed by atoms with E-state index in [1.165, 1.54) is 0 Å². The maximum atomic E-state index is 12.4. The van der Waals surface area contributed by atoms with E-state index in [0.29, 0.717) is 42.2 Å². The molecule has 104 valence electrons. The Morgan fingerprint density at radius 1 is 1.42 bits per heavy atom. The second-order valence-corrected chi connectivity index (χ2v) is 5.81. The van der Waals surface area contributed by atoms with E-state index in [4.69, 9.17) is 17.3 Å². The van der Waals surface area contributed by atoms with Crippen LogP contribution >= 0.6 is 11.6 Å². The molecular weight excluding hydrogens is 264 g/mol. The molecule has 1 unspecified atom stereocenters. The van der Waals surface area contributed by atoms with Crippen LogP contribution in [0.1, 0.15) is 36.5 Å². The largest absolute Gasteiger partial charge is 0.398 e. The predicted molar refractivity (Wildman–Crippen MR) is 76.2 cm³/mol. The Balaban J connectivity index is 2.15. The zero-order valence-corrected chi connectivity index (χ0v) is 11.8. The van der Waals surface area contributed by atoms with Gasteiger partial charge in [-0.15, -0.1) is 0 Å². The third kappa shape index (κ3) is 3.39. The number of anilines is 1. The zero-order valence-electron chi connectivity index (χ0n) is 11.0. The summed E-state index contributed by atoms with van der Waals surface area (Å²) in [5.41, 5.74) is 6.03. The molecule has 0 saturated carbocycles. The first kappa shape index (κ1) is 14.2. The van der Waals surface area contributed by atoms with Gasteiger partial charge in [-0.1, -0.05) is 11.6 Å². The van der Waals surface area contributed by atoms with E-state index in [9.17, 15) is 9.90 Å². The highest BCUT2D eigenvalue weighted by atomic mass is 35.5. The summed E-state index contributed by atoms with van der Waals surface area (Å²) >= 11 is 5.83. The van der Waals surface area contributed by atoms with Gasteiger partial charge in [-0.2, -0.15) is 0 Å². The SMILES string of the molecule is CC1(O)CCCN(C(=O)c2ccc(Cl)cc2N)CC1. The third-order valence-electron chi connectivity index (χ3n) is 3.59. The van der Waals surface area contributed by atoms with Crippen LogP contribution in [0.2, 0.25) is 5.02 Å². The number of nitrogen functional groups attached to an aromatic ring is 1. The molecule has 0 bridgehead atoms. The quantitative estimate of drug-likeness (QED) is 0.777. The van der Waals surface area contributed by atoms with Gasteiger partial charge in [0.15, 0.2) is 0 Å². The van der Waals surface area contributed by atoms with Crippen molar-refractivity contribution >= 4 is 23.2 Å². The fourth-order valence-corrected chi connectivity index (χ4v) is 2.55. The summed E-state index contributed by atoms with van der Waals surface area (Å²) in [6, 6.07) is 4.91. The van der Waals surface area contributed by atoms with Crippen molar-refractivity contribution in [2.24, 2.45) is 0 Å². The third-order valence-corrected chi connectivity index (χ3v) is 3.83. The molecule has 5 heteroatoms. The van der Waals surface area contributed by atoms with Gasteiger partial charge >= 0.3 is 0 Å². The maximum absolute atomic E-state index is 12.4. The second-order valence-electron chi connectivity index (χ2n) is 5.37. The lowest BCUT2D eigenvalue weighted by molar-refractivity contribution is 0.0438. The molecule has 1 heterocycles. The van der Waals surface area contributed by atoms with E-state index in [0.717, 1.165) is 6.42 Å². The topological polar surface area (TPSA) is 66.6 Å². The normalized spacial score (nSPS) is 24.1. The number of carbonyl (C=O) groups is 1. The minimum Gasteiger partial charge on any atom is -0.398 e. The van der Waals surface area contributed by atoms with Gasteiger partial charge in [0.1, 0.15) is 0 Å². The van der Waals surface area contributed by atoms with Crippen LogP contribution in [-0.2, 0) is 0 Å². The number of benzene rings is 1. The summed E-state index contributed by atoms with van der Waals surface area (Å²) in [6.07, 6.45) is 2.10. The molecule has 1 amide bonds. The lowest BCUT2D eigenvalue weighted by Crippen LogP contribution is -2.33. The van der Waals surface area contributed by atoms with Crippen LogP contribution in [0.25, 0.3) is 0 Å². The van der Waals surface area contributed by atoms with Crippen LogP contribution in [-0.4, -0.2) is 34.6 Å². The van der Waals surface area contributed by atoms with Gasteiger partial charge in [0, 0.05) is 23.8 Å². The summed E-state index contributed by atoms with van der Waals surface area (Å²) in [4.78, 5) is 14.2. The highest BCUT2D eigenvalue weighted by Crippen LogP contribution is 2.24. The molecule has 1 aromatic rings. The summed E-state index contributed by atoms with van der Waals surface area (Å²) in [7, 11) is 0. The molecule has 0 spiro atoms. The summed E-state index contributed by atoms with van der Waals surface area (Å²) in [5, 5.41) is 10.6. The summed E-state index contributed by atoms with van der Waals surface area (Å²) in [6.45, 7) is 3.02. The minimum atomic E-state index is -0.680. The van der Waals surface area contributed by atoms with Crippen molar-refractivity contribution in [1.82, 2.24) is 4.90 Å². The Labute approximate surface area is 118 Å². The first-order valence-electron chi connectivity index (χ1n) is 6.46. The van der Waals surface area contributed by atoms with Crippen molar-refractivity contribution in [1.29, 1.82) is 0 Å². The van der Waals surface area contributed by atoms with E-state index >= 15 is 0 Å². The molecule has 1 fully saturated rings. The fourth-order valence-electron chi connectivity index (χ4n) is 2.37. The molecule has 1 atom stereocenters. The van der Waals surface area contributed by atoms with Gasteiger partial charge in [-0.25, -0.2) is 0 Å². The van der Waals surface area contributed by atoms with Crippen LogP contribution in [0.15, 0.2) is 18.2 Å². The molecular formula is C14H19ClN2O2. The fraction of sp³-hybridized carbons (Fsp3) is 0.500. The Hall–Kier alpha value is -1.26. The van der Waals surface area contributed by atoms with Gasteiger partial charge < -0.3 is 15.7 Å². The highest BCUT2D eigenvalue weighted by Gasteiger charge is 2.28. The number of halogens is 1. The molecule has 1 aliphatic rings. The number of nitrogens with two attached hydrogens (primary N) is 1. The van der Waals surface area contributed by atoms with E-state index in [2.05, 4.69) is 0 Å². The molecule has 0 aromatic heterocycles. The van der Waals surface area contributed by atoms with E-state index < -0.39 is 5.60 Å². The molecule has 4 nitrogen and oxygen atoms in total. The zero-order chi connectivity index (χ0) is 14.0. The molecule has 3 N–H and O–H groups in total. The molecule has 1 aromatic carbocycles. The maximum Gasteiger partial charge on any atom is 0.255 e. The average molecular weight is 283 g/mol. The summed E-state index contributed by atoms with van der Waals surface area (Å²) in [5.74, 6) is -0.0909. The van der Waals surface area contributed by atoms with Crippen LogP contribution in [0, 0.1) is 0 Å². The van der Waals surface area contributed by atoms with Crippen LogP contribution in [0.3, 0.4) is 0 Å². The van der Waals surface area contributed by atoms with Crippen LogP contribution < -0.4 is 5.73 Å². The number of nitrogens with zero attached hydrogens (tertiary/aromatic N) is 1. The predicted octanol–water partition coefficient (Wildman–Crippen LogP) is 2.30. The van der Waals surface area contributed by atoms with Gasteiger partial charge in [-0.3, -0.25) is 4.79 Å². The van der Waals surface area contributed by atoms with E-state index in [1.54, 1.807) is 23.1 Å². The van der Waals surface area contributed by atoms with Gasteiger partial charge in [0.05, 0.1) is 11.2 Å². The molecule has 0 radical (unpaired) electrons. The Kier molecular flexibility index (Phi) is 4.02. The van der Waals surface area contributed by atoms with E-state index in [1.807, 2.05) is 6.92 Å². The number of hydrogen-bond donors (Lipinski definition) is 2. The number of amides is 1. The van der Waals surface area contributed by atoms with Gasteiger partial charge in [0.2, 0.25) is 0 Å². The molecule has 1 aliphatic heterocycles. The van der Waals surface area contributed by atoms with Crippen LogP contribution in [0.4, 0.5) is 5.69 Å². The molecule has 19 heavy (non-hydrogen) atoms. The summed E-state index contributed by atoms with van der Waals surface area (Å²) < 4.78 is 0. The number of aliphatic hydroxyl groups is 1. The van der Waals surface area contributed by atoms with Gasteiger partial charge in [0.25, 0.3) is 5.91 Å². The minimum absolute atomic E-state index is 0.0909. The van der Waals surface area contributed by atoms with Crippen molar-refractivity contribution < 1.29 is 9.90 Å². The Morgan fingerprint density at radius 2 is 2.16 bits per heavy atom. The Bertz CT molecular complexity index is 488. The van der Waals surface area contributed by atoms with Crippen molar-refractivity contribution in [3.05, 3.63) is 28.8 Å². The van der Waals surface area contributed by atoms with Crippen molar-refractivity contribution in [2.45, 2.75) is 31.8 Å². The smallest absolute Gasteiger partial charge is 0.255 e. The Morgan fingerprint density at radius 3 is 2.84 bits per heavy atom. The van der Waals surface area contributed by atoms with Crippen molar-refractivity contribution in [3.63, 3.8) is 0 Å². The molecule has 2 rings (SSSR count). The van der Waals surface area contributed by atoms with E-state index in [-0.39, 0.29) is 5.91 Å². The van der Waals surface area contributed by atoms with Crippen LogP contribution in [0.5, 0.6) is 0 Å². The monoisotopic (exact) mass is 282 g/mol. The number of carbonyl (C=O) groups excluding carboxylic acids is 1. The molecule has 0 aliphatic carbocycles. The standard InChI is InChI=1S/C14H19ClN2O2/c1-14(19)5-2-7-17(8-6-14)13(18)11-4-3-10(15)9-12(11)16/h3-4,9,19H,2,5-8,16H2,1H3. The van der Waals surface area contributed by atoms with Crippen molar-refractivity contribution in [3.8, 4) is 0 Å². The number of hydrogen-bond acceptors (Lipinski definition) is 3. The first-order valence-corrected chi connectivity index (χ1v) is 6.83. The lowest BCUT2D eigenvalue weighted by Gasteiger charge is -2.23.